The van der Waals surface area contributed by atoms with E-state index in [-0.39, 0.29) is 18.2 Å². The molecule has 0 rings (SSSR count). The van der Waals surface area contributed by atoms with Crippen LogP contribution in [0.25, 0.3) is 0 Å². The molecule has 0 aliphatic heterocycles. The zero-order chi connectivity index (χ0) is 23.9. The zero-order valence-electron chi connectivity index (χ0n) is 18.4. The number of carboxylic acids is 2. The highest BCUT2D eigenvalue weighted by atomic mass is 32.2. The molecule has 0 fully saturated rings. The molecule has 24 heavy (non-hydrogen) atoms. The second-order valence-corrected chi connectivity index (χ2v) is 5.30. The number of carbonyl (C=O) groups excluding carboxylic acids is 2. The number of hydrogen-bond donors (Lipinski definition) is 6. The van der Waals surface area contributed by atoms with Gasteiger partial charge in [0.15, 0.2) is 0 Å². The second kappa shape index (κ2) is 11.6. The lowest BCUT2D eigenvalue weighted by atomic mass is 10.1. The summed E-state index contributed by atoms with van der Waals surface area (Å²) < 4.78 is 44.0. The molecule has 0 aliphatic carbocycles. The molecule has 3 atom stereocenters. The molecule has 0 bridgehead atoms. The Kier molecular flexibility index (Phi) is 6.52. The fraction of sp³-hybridized carbons (Fsp3) is 0.692. The van der Waals surface area contributed by atoms with E-state index in [4.69, 9.17) is 24.2 Å². The maximum absolute atomic E-state index is 12.1. The smallest absolute Gasteiger partial charge is 0.322 e. The number of aliphatic hydroxyl groups is 1. The maximum Gasteiger partial charge on any atom is 0.322 e. The van der Waals surface area contributed by atoms with Gasteiger partial charge < -0.3 is 31.7 Å². The molecular formula is C13H23N3O7S. The Morgan fingerprint density at radius 1 is 1.38 bits per heavy atom. The van der Waals surface area contributed by atoms with E-state index in [9.17, 15) is 24.3 Å². The number of hydrogen-bond acceptors (Lipinski definition) is 7. The summed E-state index contributed by atoms with van der Waals surface area (Å²) >= 11 is 0.0485. The predicted molar refractivity (Wildman–Crippen MR) is 86.4 cm³/mol. The molecule has 0 spiro atoms. The highest BCUT2D eigenvalue weighted by Crippen LogP contribution is 2.06. The fourth-order valence-corrected chi connectivity index (χ4v) is 1.96. The van der Waals surface area contributed by atoms with Crippen LogP contribution in [-0.2, 0) is 19.2 Å². The number of carbonyl (C=O) groups is 4. The van der Waals surface area contributed by atoms with Crippen LogP contribution in [0, 0.1) is 0 Å². The van der Waals surface area contributed by atoms with Gasteiger partial charge in [-0.15, -0.1) is 0 Å². The summed E-state index contributed by atoms with van der Waals surface area (Å²) in [5.74, 6) is -5.36. The first kappa shape index (κ1) is 13.4. The van der Waals surface area contributed by atoms with Crippen molar-refractivity contribution in [2.45, 2.75) is 37.9 Å². The minimum absolute atomic E-state index is 0.0485. The van der Waals surface area contributed by atoms with Gasteiger partial charge in [0, 0.05) is 24.7 Å². The Labute approximate surface area is 151 Å². The Morgan fingerprint density at radius 2 is 2.04 bits per heavy atom. The van der Waals surface area contributed by atoms with Crippen LogP contribution in [-0.4, -0.2) is 75.2 Å². The number of nitrogens with two attached hydrogens (primary N) is 1. The normalized spacial score (nSPS) is 20.4. The van der Waals surface area contributed by atoms with Crippen molar-refractivity contribution < 1.29 is 42.7 Å². The molecule has 0 aromatic carbocycles. The quantitative estimate of drug-likeness (QED) is 0.226. The lowest BCUT2D eigenvalue weighted by Gasteiger charge is -2.18. The Balaban J connectivity index is 5.27. The SMILES string of the molecule is [2H]C([2H])([2H])C([2H])(O)C([2H])([2H])SC[C@H](NC(=O)CC[C@H](N)C(=O)O)C(=O)NCC(=O)O. The number of amides is 2. The van der Waals surface area contributed by atoms with E-state index in [1.807, 2.05) is 5.32 Å². The summed E-state index contributed by atoms with van der Waals surface area (Å²) in [5, 5.41) is 31.2. The van der Waals surface area contributed by atoms with Gasteiger partial charge in [0.25, 0.3) is 0 Å². The van der Waals surface area contributed by atoms with E-state index in [0.717, 1.165) is 0 Å². The third-order valence-electron chi connectivity index (χ3n) is 2.48. The molecule has 0 saturated carbocycles. The van der Waals surface area contributed by atoms with Crippen LogP contribution in [0.5, 0.6) is 0 Å². The van der Waals surface area contributed by atoms with E-state index in [0.29, 0.717) is 0 Å². The summed E-state index contributed by atoms with van der Waals surface area (Å²) in [4.78, 5) is 45.4. The van der Waals surface area contributed by atoms with Gasteiger partial charge in [0.2, 0.25) is 11.8 Å². The minimum Gasteiger partial charge on any atom is -0.480 e. The van der Waals surface area contributed by atoms with Crippen molar-refractivity contribution in [3.8, 4) is 0 Å². The molecule has 2 amide bonds. The Morgan fingerprint density at radius 3 is 2.58 bits per heavy atom. The summed E-state index contributed by atoms with van der Waals surface area (Å²) in [6.45, 7) is -4.26. The molecule has 10 nitrogen and oxygen atoms in total. The van der Waals surface area contributed by atoms with Gasteiger partial charge in [0.1, 0.15) is 18.6 Å². The van der Waals surface area contributed by atoms with E-state index in [1.165, 1.54) is 0 Å². The zero-order valence-corrected chi connectivity index (χ0v) is 13.3. The molecule has 0 saturated heterocycles. The van der Waals surface area contributed by atoms with E-state index >= 15 is 0 Å². The highest BCUT2D eigenvalue weighted by Gasteiger charge is 2.22. The van der Waals surface area contributed by atoms with Gasteiger partial charge in [-0.1, -0.05) is 0 Å². The third-order valence-corrected chi connectivity index (χ3v) is 3.32. The fourth-order valence-electron chi connectivity index (χ4n) is 1.34. The largest absolute Gasteiger partial charge is 0.480 e. The van der Waals surface area contributed by atoms with Crippen molar-refractivity contribution in [2.75, 3.05) is 18.0 Å². The van der Waals surface area contributed by atoms with E-state index in [2.05, 4.69) is 5.32 Å². The molecular weight excluding hydrogens is 342 g/mol. The minimum atomic E-state index is -3.55. The molecule has 0 aromatic rings. The maximum atomic E-state index is 12.1. The molecule has 138 valence electrons. The van der Waals surface area contributed by atoms with Crippen molar-refractivity contribution >= 4 is 35.5 Å². The van der Waals surface area contributed by atoms with Crippen LogP contribution < -0.4 is 16.4 Å². The van der Waals surface area contributed by atoms with E-state index < -0.39 is 73.2 Å². The summed E-state index contributed by atoms with van der Waals surface area (Å²) in [6.07, 6.45) is -4.26. The van der Waals surface area contributed by atoms with Crippen LogP contribution in [0.1, 0.15) is 27.9 Å². The van der Waals surface area contributed by atoms with Gasteiger partial charge in [-0.05, 0) is 13.3 Å². The standard InChI is InChI=1S/C13H23N3O7S/c1-7(17)5-24-6-9(12(21)15-4-11(19)20)16-10(18)3-2-8(14)13(22)23/h7-9,17H,2-6,14H2,1H3,(H,15,21)(H,16,18)(H,19,20)(H,22,23)/t7?,8-,9-/m0/s1/i1D3,5D2,7D. The molecule has 0 heterocycles. The average Bonchev–Trinajstić information content (AvgIpc) is 2.59. The van der Waals surface area contributed by atoms with Crippen LogP contribution >= 0.6 is 11.8 Å². The van der Waals surface area contributed by atoms with Crippen molar-refractivity contribution in [3.05, 3.63) is 0 Å². The number of aliphatic carboxylic acids is 2. The third kappa shape index (κ3) is 10.8. The highest BCUT2D eigenvalue weighted by molar-refractivity contribution is 7.99. The van der Waals surface area contributed by atoms with Gasteiger partial charge in [-0.25, -0.2) is 0 Å². The molecule has 0 aliphatic rings. The van der Waals surface area contributed by atoms with Gasteiger partial charge in [-0.3, -0.25) is 19.2 Å². The molecule has 1 unspecified atom stereocenters. The van der Waals surface area contributed by atoms with Crippen molar-refractivity contribution in [2.24, 2.45) is 5.73 Å². The number of thioether (sulfide) groups is 1. The predicted octanol–water partition coefficient (Wildman–Crippen LogP) is -2.02. The van der Waals surface area contributed by atoms with Crippen molar-refractivity contribution in [3.63, 3.8) is 0 Å². The number of rotatable bonds is 12. The molecule has 0 aromatic heterocycles. The average molecular weight is 371 g/mol. The van der Waals surface area contributed by atoms with Crippen molar-refractivity contribution in [1.29, 1.82) is 0 Å². The van der Waals surface area contributed by atoms with Crippen LogP contribution in [0.2, 0.25) is 0 Å². The second-order valence-electron chi connectivity index (χ2n) is 4.48. The summed E-state index contributed by atoms with van der Waals surface area (Å²) in [6, 6.07) is -2.93. The number of carboxylic acid groups (broad SMARTS) is 2. The molecule has 0 radical (unpaired) electrons. The lowest BCUT2D eigenvalue weighted by molar-refractivity contribution is -0.139. The first-order chi connectivity index (χ1) is 13.4. The van der Waals surface area contributed by atoms with Crippen molar-refractivity contribution in [1.82, 2.24) is 10.6 Å². The van der Waals surface area contributed by atoms with Gasteiger partial charge >= 0.3 is 11.9 Å². The van der Waals surface area contributed by atoms with E-state index in [1.54, 1.807) is 0 Å². The monoisotopic (exact) mass is 371 g/mol. The lowest BCUT2D eigenvalue weighted by Crippen LogP contribution is -2.49. The topological polar surface area (TPSA) is 179 Å². The first-order valence-electron chi connectivity index (χ1n) is 9.56. The van der Waals surface area contributed by atoms with Gasteiger partial charge in [-0.2, -0.15) is 11.8 Å². The number of nitrogens with one attached hydrogen (secondary N) is 2. The Hall–Kier alpha value is -1.85. The van der Waals surface area contributed by atoms with Crippen LogP contribution in [0.3, 0.4) is 0 Å². The molecule has 7 N–H and O–H groups in total. The first-order valence-corrected chi connectivity index (χ1v) is 7.54. The molecule has 11 heteroatoms. The Bertz CT molecular complexity index is 662. The van der Waals surface area contributed by atoms with Gasteiger partial charge in [0.05, 0.1) is 7.45 Å². The van der Waals surface area contributed by atoms with Crippen LogP contribution in [0.4, 0.5) is 0 Å². The summed E-state index contributed by atoms with van der Waals surface area (Å²) in [7, 11) is 0. The summed E-state index contributed by atoms with van der Waals surface area (Å²) in [5.41, 5.74) is 2.15. The van der Waals surface area contributed by atoms with Crippen LogP contribution in [0.15, 0.2) is 0 Å².